The van der Waals surface area contributed by atoms with Crippen molar-refractivity contribution in [2.45, 2.75) is 52.1 Å². The van der Waals surface area contributed by atoms with Gasteiger partial charge in [-0.25, -0.2) is 0 Å². The quantitative estimate of drug-likeness (QED) is 0.722. The third-order valence-corrected chi connectivity index (χ3v) is 3.61. The fourth-order valence-electron chi connectivity index (χ4n) is 2.66. The van der Waals surface area contributed by atoms with Crippen LogP contribution in [0.4, 0.5) is 0 Å². The van der Waals surface area contributed by atoms with E-state index in [0.29, 0.717) is 6.04 Å². The Bertz CT molecular complexity index is 185. The lowest BCUT2D eigenvalue weighted by atomic mass is 9.91. The van der Waals surface area contributed by atoms with E-state index in [4.69, 9.17) is 5.11 Å². The van der Waals surface area contributed by atoms with Gasteiger partial charge in [-0.3, -0.25) is 0 Å². The molecular formula is C13H28N2O. The van der Waals surface area contributed by atoms with Gasteiger partial charge in [0, 0.05) is 18.6 Å². The Hall–Kier alpha value is -0.120. The highest BCUT2D eigenvalue weighted by Gasteiger charge is 2.24. The van der Waals surface area contributed by atoms with E-state index in [1.807, 2.05) is 6.92 Å². The third-order valence-electron chi connectivity index (χ3n) is 3.61. The van der Waals surface area contributed by atoms with Crippen LogP contribution in [0.5, 0.6) is 0 Å². The molecule has 3 unspecified atom stereocenters. The minimum Gasteiger partial charge on any atom is -0.395 e. The second kappa shape index (κ2) is 7.25. The summed E-state index contributed by atoms with van der Waals surface area (Å²) in [5, 5.41) is 12.5. The van der Waals surface area contributed by atoms with Crippen molar-refractivity contribution in [1.82, 2.24) is 10.2 Å². The molecule has 0 aromatic carbocycles. The summed E-state index contributed by atoms with van der Waals surface area (Å²) in [4.78, 5) is 2.58. The number of nitrogens with one attached hydrogen (secondary N) is 1. The maximum absolute atomic E-state index is 9.05. The van der Waals surface area contributed by atoms with E-state index < -0.39 is 0 Å². The van der Waals surface area contributed by atoms with Crippen LogP contribution >= 0.6 is 0 Å². The molecule has 0 saturated carbocycles. The Morgan fingerprint density at radius 3 is 2.81 bits per heavy atom. The lowest BCUT2D eigenvalue weighted by molar-refractivity contribution is 0.140. The Labute approximate surface area is 100 Å². The van der Waals surface area contributed by atoms with Gasteiger partial charge < -0.3 is 15.3 Å². The molecule has 0 amide bonds. The predicted octanol–water partition coefficient (Wildman–Crippen LogP) is 1.47. The van der Waals surface area contributed by atoms with Gasteiger partial charge in [0.1, 0.15) is 0 Å². The summed E-state index contributed by atoms with van der Waals surface area (Å²) in [6.45, 7) is 10.5. The van der Waals surface area contributed by atoms with Crippen molar-refractivity contribution in [2.75, 3.05) is 26.2 Å². The summed E-state index contributed by atoms with van der Waals surface area (Å²) in [5.74, 6) is 0.745. The van der Waals surface area contributed by atoms with Crippen LogP contribution < -0.4 is 5.32 Å². The fraction of sp³-hybridized carbons (Fsp3) is 1.00. The molecule has 96 valence electrons. The molecular weight excluding hydrogens is 200 g/mol. The molecule has 0 aromatic rings. The summed E-state index contributed by atoms with van der Waals surface area (Å²) >= 11 is 0. The van der Waals surface area contributed by atoms with Gasteiger partial charge in [-0.15, -0.1) is 0 Å². The first-order chi connectivity index (χ1) is 7.67. The molecule has 16 heavy (non-hydrogen) atoms. The Morgan fingerprint density at radius 1 is 1.44 bits per heavy atom. The molecule has 1 heterocycles. The molecule has 0 aromatic heterocycles. The van der Waals surface area contributed by atoms with E-state index in [2.05, 4.69) is 24.1 Å². The summed E-state index contributed by atoms with van der Waals surface area (Å²) in [6, 6.07) is 0.735. The molecule has 1 aliphatic heterocycles. The second-order valence-corrected chi connectivity index (χ2v) is 5.24. The van der Waals surface area contributed by atoms with Crippen LogP contribution in [-0.4, -0.2) is 48.3 Å². The van der Waals surface area contributed by atoms with Crippen LogP contribution in [0.25, 0.3) is 0 Å². The van der Waals surface area contributed by atoms with E-state index in [1.165, 1.54) is 38.9 Å². The number of aliphatic hydroxyl groups is 1. The Balaban J connectivity index is 2.34. The normalized spacial score (nSPS) is 26.6. The highest BCUT2D eigenvalue weighted by Crippen LogP contribution is 2.20. The van der Waals surface area contributed by atoms with Crippen LogP contribution in [0.3, 0.4) is 0 Å². The van der Waals surface area contributed by atoms with E-state index in [0.717, 1.165) is 5.92 Å². The zero-order chi connectivity index (χ0) is 12.0. The van der Waals surface area contributed by atoms with Crippen molar-refractivity contribution in [3.63, 3.8) is 0 Å². The van der Waals surface area contributed by atoms with Gasteiger partial charge in [-0.05, 0) is 52.1 Å². The Kier molecular flexibility index (Phi) is 6.32. The average Bonchev–Trinajstić information content (AvgIpc) is 2.29. The number of piperidine rings is 1. The van der Waals surface area contributed by atoms with Crippen LogP contribution in [0, 0.1) is 5.92 Å². The molecule has 0 radical (unpaired) electrons. The fourth-order valence-corrected chi connectivity index (χ4v) is 2.66. The standard InChI is InChI=1S/C13H28N2O/c1-4-7-15-8-5-6-13(9-15)12(3)14-11(2)10-16/h11-14,16H,4-10H2,1-3H3. The Morgan fingerprint density at radius 2 is 2.19 bits per heavy atom. The summed E-state index contributed by atoms with van der Waals surface area (Å²) < 4.78 is 0. The maximum Gasteiger partial charge on any atom is 0.0582 e. The molecule has 1 saturated heterocycles. The highest BCUT2D eigenvalue weighted by molar-refractivity contribution is 4.81. The number of likely N-dealkylation sites (tertiary alicyclic amines) is 1. The van der Waals surface area contributed by atoms with Crippen molar-refractivity contribution in [2.24, 2.45) is 5.92 Å². The highest BCUT2D eigenvalue weighted by atomic mass is 16.3. The smallest absolute Gasteiger partial charge is 0.0582 e. The van der Waals surface area contributed by atoms with Crippen molar-refractivity contribution < 1.29 is 5.11 Å². The van der Waals surface area contributed by atoms with Crippen molar-refractivity contribution >= 4 is 0 Å². The van der Waals surface area contributed by atoms with E-state index in [9.17, 15) is 0 Å². The SMILES string of the molecule is CCCN1CCCC(C(C)NC(C)CO)C1. The minimum atomic E-state index is 0.219. The summed E-state index contributed by atoms with van der Waals surface area (Å²) in [6.07, 6.45) is 3.90. The molecule has 0 bridgehead atoms. The number of hydrogen-bond donors (Lipinski definition) is 2. The maximum atomic E-state index is 9.05. The van der Waals surface area contributed by atoms with Gasteiger partial charge in [0.15, 0.2) is 0 Å². The van der Waals surface area contributed by atoms with Gasteiger partial charge in [0.25, 0.3) is 0 Å². The lowest BCUT2D eigenvalue weighted by Crippen LogP contribution is -2.47. The van der Waals surface area contributed by atoms with Crippen molar-refractivity contribution in [1.29, 1.82) is 0 Å². The molecule has 0 spiro atoms. The summed E-state index contributed by atoms with van der Waals surface area (Å²) in [7, 11) is 0. The lowest BCUT2D eigenvalue weighted by Gasteiger charge is -2.36. The second-order valence-electron chi connectivity index (χ2n) is 5.24. The molecule has 1 aliphatic rings. The van der Waals surface area contributed by atoms with Crippen LogP contribution in [0.2, 0.25) is 0 Å². The molecule has 2 N–H and O–H groups in total. The average molecular weight is 228 g/mol. The van der Waals surface area contributed by atoms with Gasteiger partial charge in [-0.1, -0.05) is 6.92 Å². The summed E-state index contributed by atoms with van der Waals surface area (Å²) in [5.41, 5.74) is 0. The van der Waals surface area contributed by atoms with E-state index in [-0.39, 0.29) is 12.6 Å². The molecule has 0 aliphatic carbocycles. The number of nitrogens with zero attached hydrogens (tertiary/aromatic N) is 1. The topological polar surface area (TPSA) is 35.5 Å². The first-order valence-electron chi connectivity index (χ1n) is 6.76. The van der Waals surface area contributed by atoms with Crippen molar-refractivity contribution in [3.8, 4) is 0 Å². The molecule has 1 fully saturated rings. The van der Waals surface area contributed by atoms with Gasteiger partial charge >= 0.3 is 0 Å². The van der Waals surface area contributed by atoms with E-state index in [1.54, 1.807) is 0 Å². The largest absolute Gasteiger partial charge is 0.395 e. The predicted molar refractivity (Wildman–Crippen MR) is 68.6 cm³/mol. The number of rotatable bonds is 6. The molecule has 3 heteroatoms. The monoisotopic (exact) mass is 228 g/mol. The number of hydrogen-bond acceptors (Lipinski definition) is 3. The minimum absolute atomic E-state index is 0.219. The van der Waals surface area contributed by atoms with Crippen LogP contribution in [0.1, 0.15) is 40.0 Å². The molecule has 3 nitrogen and oxygen atoms in total. The first-order valence-corrected chi connectivity index (χ1v) is 6.76. The number of aliphatic hydroxyl groups excluding tert-OH is 1. The van der Waals surface area contributed by atoms with Gasteiger partial charge in [0.2, 0.25) is 0 Å². The van der Waals surface area contributed by atoms with Gasteiger partial charge in [-0.2, -0.15) is 0 Å². The molecule has 1 rings (SSSR count). The third kappa shape index (κ3) is 4.40. The van der Waals surface area contributed by atoms with E-state index >= 15 is 0 Å². The van der Waals surface area contributed by atoms with Crippen LogP contribution in [0.15, 0.2) is 0 Å². The molecule has 3 atom stereocenters. The van der Waals surface area contributed by atoms with Crippen molar-refractivity contribution in [3.05, 3.63) is 0 Å². The van der Waals surface area contributed by atoms with Gasteiger partial charge in [0.05, 0.1) is 6.61 Å². The zero-order valence-corrected chi connectivity index (χ0v) is 11.1. The first kappa shape index (κ1) is 13.9. The zero-order valence-electron chi connectivity index (χ0n) is 11.1. The van der Waals surface area contributed by atoms with Crippen LogP contribution in [-0.2, 0) is 0 Å².